The smallest absolute Gasteiger partial charge is 0.160 e. The molecule has 0 saturated heterocycles. The lowest BCUT2D eigenvalue weighted by molar-refractivity contribution is 0.115. The molecule has 2 N–H and O–H groups in total. The minimum Gasteiger partial charge on any atom is -0.504 e. The third-order valence-corrected chi connectivity index (χ3v) is 2.73. The molecule has 84 valence electrons. The second kappa shape index (κ2) is 5.03. The molecule has 0 fully saturated rings. The van der Waals surface area contributed by atoms with Gasteiger partial charge in [-0.1, -0.05) is 26.3 Å². The molecule has 0 aliphatic carbocycles. The fourth-order valence-corrected chi connectivity index (χ4v) is 1.44. The quantitative estimate of drug-likeness (QED) is 0.802. The summed E-state index contributed by atoms with van der Waals surface area (Å²) in [5.41, 5.74) is 0.725. The van der Waals surface area contributed by atoms with Gasteiger partial charge in [-0.25, -0.2) is 0 Å². The minimum absolute atomic E-state index is 0.0670. The Hall–Kier alpha value is -1.22. The maximum Gasteiger partial charge on any atom is 0.160 e. The van der Waals surface area contributed by atoms with Gasteiger partial charge in [0.25, 0.3) is 0 Å². The summed E-state index contributed by atoms with van der Waals surface area (Å²) < 4.78 is 4.93. The van der Waals surface area contributed by atoms with Crippen molar-refractivity contribution in [3.8, 4) is 11.5 Å². The molecule has 1 rings (SSSR count). The van der Waals surface area contributed by atoms with E-state index in [0.29, 0.717) is 5.75 Å². The van der Waals surface area contributed by atoms with Crippen LogP contribution in [0.4, 0.5) is 0 Å². The van der Waals surface area contributed by atoms with E-state index in [1.807, 2.05) is 13.8 Å². The van der Waals surface area contributed by atoms with E-state index in [2.05, 4.69) is 0 Å². The lowest BCUT2D eigenvalue weighted by atomic mass is 9.95. The Labute approximate surface area is 90.3 Å². The maximum atomic E-state index is 9.93. The first-order valence-corrected chi connectivity index (χ1v) is 5.15. The van der Waals surface area contributed by atoms with Gasteiger partial charge in [-0.2, -0.15) is 0 Å². The highest BCUT2D eigenvalue weighted by atomic mass is 16.5. The number of aliphatic hydroxyl groups excluding tert-OH is 1. The average molecular weight is 210 g/mol. The second-order valence-electron chi connectivity index (χ2n) is 3.76. The van der Waals surface area contributed by atoms with Crippen molar-refractivity contribution in [2.75, 3.05) is 7.11 Å². The topological polar surface area (TPSA) is 49.7 Å². The second-order valence-corrected chi connectivity index (χ2v) is 3.76. The molecule has 0 saturated carbocycles. The number of methoxy groups -OCH3 is 1. The Bertz CT molecular complexity index is 323. The number of phenols is 1. The first-order chi connectivity index (χ1) is 7.10. The van der Waals surface area contributed by atoms with Crippen molar-refractivity contribution in [2.45, 2.75) is 26.4 Å². The molecular formula is C12H18O3. The molecule has 2 unspecified atom stereocenters. The van der Waals surface area contributed by atoms with Crippen LogP contribution in [0, 0.1) is 5.92 Å². The molecule has 0 heterocycles. The highest BCUT2D eigenvalue weighted by Gasteiger charge is 2.16. The Balaban J connectivity index is 2.92. The fourth-order valence-electron chi connectivity index (χ4n) is 1.44. The van der Waals surface area contributed by atoms with Gasteiger partial charge in [0.05, 0.1) is 13.2 Å². The van der Waals surface area contributed by atoms with Gasteiger partial charge in [-0.05, 0) is 23.6 Å². The van der Waals surface area contributed by atoms with Crippen LogP contribution in [0.2, 0.25) is 0 Å². The lowest BCUT2D eigenvalue weighted by Crippen LogP contribution is -2.07. The lowest BCUT2D eigenvalue weighted by Gasteiger charge is -2.18. The molecule has 3 heteroatoms. The molecule has 0 bridgehead atoms. The Kier molecular flexibility index (Phi) is 3.97. The summed E-state index contributed by atoms with van der Waals surface area (Å²) in [5.74, 6) is 0.672. The van der Waals surface area contributed by atoms with Crippen LogP contribution in [-0.4, -0.2) is 17.3 Å². The Morgan fingerprint density at radius 3 is 2.53 bits per heavy atom. The van der Waals surface area contributed by atoms with Crippen LogP contribution >= 0.6 is 0 Å². The maximum absolute atomic E-state index is 9.93. The molecule has 15 heavy (non-hydrogen) atoms. The molecule has 2 atom stereocenters. The first-order valence-electron chi connectivity index (χ1n) is 5.15. The zero-order chi connectivity index (χ0) is 11.4. The van der Waals surface area contributed by atoms with Crippen LogP contribution < -0.4 is 4.74 Å². The van der Waals surface area contributed by atoms with Crippen molar-refractivity contribution in [2.24, 2.45) is 5.92 Å². The van der Waals surface area contributed by atoms with Gasteiger partial charge in [0.2, 0.25) is 0 Å². The van der Waals surface area contributed by atoms with Crippen LogP contribution in [0.3, 0.4) is 0 Å². The molecule has 0 aliphatic heterocycles. The fraction of sp³-hybridized carbons (Fsp3) is 0.500. The molecule has 0 spiro atoms. The summed E-state index contributed by atoms with van der Waals surface area (Å²) >= 11 is 0. The van der Waals surface area contributed by atoms with Crippen molar-refractivity contribution < 1.29 is 14.9 Å². The van der Waals surface area contributed by atoms with E-state index >= 15 is 0 Å². The number of hydrogen-bond acceptors (Lipinski definition) is 3. The van der Waals surface area contributed by atoms with Gasteiger partial charge in [0.1, 0.15) is 0 Å². The number of phenolic OH excluding ortho intramolecular Hbond substituents is 1. The van der Waals surface area contributed by atoms with E-state index in [9.17, 15) is 10.2 Å². The summed E-state index contributed by atoms with van der Waals surface area (Å²) in [5, 5.41) is 19.5. The van der Waals surface area contributed by atoms with E-state index in [0.717, 1.165) is 12.0 Å². The largest absolute Gasteiger partial charge is 0.504 e. The minimum atomic E-state index is -0.535. The third kappa shape index (κ3) is 2.63. The number of ether oxygens (including phenoxy) is 1. The van der Waals surface area contributed by atoms with Crippen molar-refractivity contribution >= 4 is 0 Å². The van der Waals surface area contributed by atoms with Gasteiger partial charge in [-0.15, -0.1) is 0 Å². The average Bonchev–Trinajstić information content (AvgIpc) is 2.26. The number of hydrogen-bond donors (Lipinski definition) is 2. The third-order valence-electron chi connectivity index (χ3n) is 2.73. The van der Waals surface area contributed by atoms with Gasteiger partial charge in [-0.3, -0.25) is 0 Å². The van der Waals surface area contributed by atoms with Crippen molar-refractivity contribution in [1.29, 1.82) is 0 Å². The van der Waals surface area contributed by atoms with E-state index in [1.165, 1.54) is 7.11 Å². The van der Waals surface area contributed by atoms with Crippen LogP contribution in [0.15, 0.2) is 18.2 Å². The predicted molar refractivity (Wildman–Crippen MR) is 59.1 cm³/mol. The van der Waals surface area contributed by atoms with Crippen molar-refractivity contribution in [1.82, 2.24) is 0 Å². The SMILES string of the molecule is CCC(C)C(O)c1ccc(OC)c(O)c1. The first kappa shape index (κ1) is 11.9. The number of benzene rings is 1. The summed E-state index contributed by atoms with van der Waals surface area (Å²) in [6.07, 6.45) is 0.361. The summed E-state index contributed by atoms with van der Waals surface area (Å²) in [6.45, 7) is 4.00. The molecule has 0 radical (unpaired) electrons. The summed E-state index contributed by atoms with van der Waals surface area (Å²) in [6, 6.07) is 4.99. The molecule has 3 nitrogen and oxygen atoms in total. The Morgan fingerprint density at radius 1 is 1.40 bits per heavy atom. The van der Waals surface area contributed by atoms with Gasteiger partial charge >= 0.3 is 0 Å². The van der Waals surface area contributed by atoms with Gasteiger partial charge in [0, 0.05) is 0 Å². The molecular weight excluding hydrogens is 192 g/mol. The number of aromatic hydroxyl groups is 1. The molecule has 1 aromatic rings. The normalized spacial score (nSPS) is 14.7. The van der Waals surface area contributed by atoms with Crippen LogP contribution in [0.25, 0.3) is 0 Å². The van der Waals surface area contributed by atoms with Crippen molar-refractivity contribution in [3.63, 3.8) is 0 Å². The number of aliphatic hydroxyl groups is 1. The molecule has 0 aromatic heterocycles. The standard InChI is InChI=1S/C12H18O3/c1-4-8(2)12(14)9-5-6-11(15-3)10(13)7-9/h5-8,12-14H,4H2,1-3H3. The van der Waals surface area contributed by atoms with E-state index in [-0.39, 0.29) is 11.7 Å². The highest BCUT2D eigenvalue weighted by molar-refractivity contribution is 5.42. The predicted octanol–water partition coefficient (Wildman–Crippen LogP) is 2.48. The van der Waals surface area contributed by atoms with Crippen LogP contribution in [0.1, 0.15) is 31.9 Å². The molecule has 1 aromatic carbocycles. The zero-order valence-electron chi connectivity index (χ0n) is 9.40. The van der Waals surface area contributed by atoms with Gasteiger partial charge < -0.3 is 14.9 Å². The van der Waals surface area contributed by atoms with E-state index < -0.39 is 6.10 Å². The van der Waals surface area contributed by atoms with Crippen LogP contribution in [-0.2, 0) is 0 Å². The zero-order valence-corrected chi connectivity index (χ0v) is 9.40. The monoisotopic (exact) mass is 210 g/mol. The van der Waals surface area contributed by atoms with Gasteiger partial charge in [0.15, 0.2) is 11.5 Å². The summed E-state index contributed by atoms with van der Waals surface area (Å²) in [7, 11) is 1.50. The molecule has 0 aliphatic rings. The molecule has 0 amide bonds. The Morgan fingerprint density at radius 2 is 2.07 bits per heavy atom. The van der Waals surface area contributed by atoms with E-state index in [1.54, 1.807) is 18.2 Å². The summed E-state index contributed by atoms with van der Waals surface area (Å²) in [4.78, 5) is 0. The van der Waals surface area contributed by atoms with Crippen LogP contribution in [0.5, 0.6) is 11.5 Å². The highest BCUT2D eigenvalue weighted by Crippen LogP contribution is 2.31. The number of rotatable bonds is 4. The van der Waals surface area contributed by atoms with Crippen molar-refractivity contribution in [3.05, 3.63) is 23.8 Å². The van der Waals surface area contributed by atoms with E-state index in [4.69, 9.17) is 4.74 Å².